The molecular formula is C18H12ClN5O3S2. The molecule has 0 aliphatic rings. The molecule has 11 heteroatoms. The topological polar surface area (TPSA) is 117 Å². The second-order valence-electron chi connectivity index (χ2n) is 5.73. The molecule has 1 aromatic carbocycles. The van der Waals surface area contributed by atoms with Crippen LogP contribution in [0.25, 0.3) is 20.8 Å². The zero-order chi connectivity index (χ0) is 20.5. The van der Waals surface area contributed by atoms with Crippen LogP contribution in [0.1, 0.15) is 20.0 Å². The van der Waals surface area contributed by atoms with Gasteiger partial charge in [-0.15, -0.1) is 11.3 Å². The van der Waals surface area contributed by atoms with E-state index in [-0.39, 0.29) is 16.5 Å². The number of carboxylic acid groups (broad SMARTS) is 1. The Morgan fingerprint density at radius 3 is 2.69 bits per heavy atom. The molecule has 0 atom stereocenters. The second kappa shape index (κ2) is 7.74. The number of benzene rings is 1. The number of fused-ring (bicyclic) bond motifs is 1. The van der Waals surface area contributed by atoms with Gasteiger partial charge in [-0.2, -0.15) is 0 Å². The Balaban J connectivity index is 1.57. The molecule has 0 spiro atoms. The fraction of sp³-hybridized carbons (Fsp3) is 0.0556. The van der Waals surface area contributed by atoms with Crippen molar-refractivity contribution < 1.29 is 14.7 Å². The van der Waals surface area contributed by atoms with E-state index in [9.17, 15) is 9.59 Å². The Morgan fingerprint density at radius 1 is 1.10 bits per heavy atom. The minimum atomic E-state index is -1.13. The summed E-state index contributed by atoms with van der Waals surface area (Å²) >= 11 is 8.65. The smallest absolute Gasteiger partial charge is 0.337 e. The molecule has 0 aliphatic heterocycles. The first kappa shape index (κ1) is 19.2. The Morgan fingerprint density at radius 2 is 1.93 bits per heavy atom. The average molecular weight is 446 g/mol. The largest absolute Gasteiger partial charge is 0.478 e. The van der Waals surface area contributed by atoms with Crippen molar-refractivity contribution in [1.29, 1.82) is 0 Å². The molecular weight excluding hydrogens is 434 g/mol. The Bertz CT molecular complexity index is 1250. The van der Waals surface area contributed by atoms with Gasteiger partial charge in [-0.25, -0.2) is 19.7 Å². The van der Waals surface area contributed by atoms with Crippen molar-refractivity contribution in [3.05, 3.63) is 52.0 Å². The van der Waals surface area contributed by atoms with E-state index in [2.05, 4.69) is 25.6 Å². The molecule has 29 heavy (non-hydrogen) atoms. The van der Waals surface area contributed by atoms with Crippen LogP contribution in [-0.2, 0) is 0 Å². The van der Waals surface area contributed by atoms with Gasteiger partial charge in [0.15, 0.2) is 5.13 Å². The molecule has 8 nitrogen and oxygen atoms in total. The molecule has 1 amide bonds. The molecule has 0 saturated heterocycles. The lowest BCUT2D eigenvalue weighted by Gasteiger charge is -2.00. The number of thiazole rings is 1. The fourth-order valence-corrected chi connectivity index (χ4v) is 4.64. The molecule has 146 valence electrons. The number of nitrogens with one attached hydrogen (secondary N) is 2. The molecule has 0 fully saturated rings. The van der Waals surface area contributed by atoms with Crippen molar-refractivity contribution in [1.82, 2.24) is 15.0 Å². The summed E-state index contributed by atoms with van der Waals surface area (Å²) in [6.45, 7) is 0. The number of carboxylic acids is 1. The summed E-state index contributed by atoms with van der Waals surface area (Å²) in [5, 5.41) is 15.2. The highest BCUT2D eigenvalue weighted by molar-refractivity contribution is 7.22. The van der Waals surface area contributed by atoms with Crippen molar-refractivity contribution in [3.8, 4) is 10.6 Å². The predicted octanol–water partition coefficient (Wildman–Crippen LogP) is 4.46. The van der Waals surface area contributed by atoms with Gasteiger partial charge in [-0.1, -0.05) is 22.9 Å². The van der Waals surface area contributed by atoms with Gasteiger partial charge in [-0.05, 0) is 30.3 Å². The number of nitrogens with zero attached hydrogens (tertiary/aromatic N) is 3. The summed E-state index contributed by atoms with van der Waals surface area (Å²) in [6, 6.07) is 8.33. The highest BCUT2D eigenvalue weighted by Crippen LogP contribution is 2.34. The third-order valence-corrected chi connectivity index (χ3v) is 6.34. The highest BCUT2D eigenvalue weighted by atomic mass is 35.5. The highest BCUT2D eigenvalue weighted by Gasteiger charge is 2.18. The SMILES string of the molecule is CNc1nccc(-c2ccc(C(=O)Nc3nc4c(Cl)c(C(=O)O)ccc4s3)s2)n1. The number of thiophene rings is 1. The number of hydrogen-bond acceptors (Lipinski definition) is 8. The maximum absolute atomic E-state index is 12.6. The number of rotatable bonds is 5. The van der Waals surface area contributed by atoms with Crippen molar-refractivity contribution in [2.75, 3.05) is 17.7 Å². The predicted molar refractivity (Wildman–Crippen MR) is 114 cm³/mol. The number of hydrogen-bond donors (Lipinski definition) is 3. The van der Waals surface area contributed by atoms with Crippen LogP contribution in [0, 0.1) is 0 Å². The molecule has 3 heterocycles. The number of aromatic nitrogens is 3. The monoisotopic (exact) mass is 445 g/mol. The lowest BCUT2D eigenvalue weighted by molar-refractivity contribution is 0.0697. The van der Waals surface area contributed by atoms with E-state index < -0.39 is 5.97 Å². The van der Waals surface area contributed by atoms with E-state index in [1.807, 2.05) is 6.07 Å². The van der Waals surface area contributed by atoms with Crippen molar-refractivity contribution in [2.45, 2.75) is 0 Å². The van der Waals surface area contributed by atoms with E-state index in [0.717, 1.165) is 4.88 Å². The molecule has 3 N–H and O–H groups in total. The fourth-order valence-electron chi connectivity index (χ4n) is 2.55. The maximum Gasteiger partial charge on any atom is 0.337 e. The number of anilines is 2. The Labute approximate surface area is 177 Å². The van der Waals surface area contributed by atoms with Gasteiger partial charge >= 0.3 is 5.97 Å². The summed E-state index contributed by atoms with van der Waals surface area (Å²) in [5.74, 6) is -0.959. The van der Waals surface area contributed by atoms with Crippen LogP contribution in [0.4, 0.5) is 11.1 Å². The zero-order valence-electron chi connectivity index (χ0n) is 14.8. The quantitative estimate of drug-likeness (QED) is 0.415. The van der Waals surface area contributed by atoms with E-state index in [4.69, 9.17) is 16.7 Å². The van der Waals surface area contributed by atoms with Gasteiger partial charge in [0.2, 0.25) is 5.95 Å². The molecule has 3 aromatic heterocycles. The molecule has 4 rings (SSSR count). The number of carbonyl (C=O) groups excluding carboxylic acids is 1. The number of halogens is 1. The Kier molecular flexibility index (Phi) is 5.14. The molecule has 0 radical (unpaired) electrons. The van der Waals surface area contributed by atoms with Gasteiger partial charge in [-0.3, -0.25) is 10.1 Å². The summed E-state index contributed by atoms with van der Waals surface area (Å²) in [5.41, 5.74) is 1.02. The van der Waals surface area contributed by atoms with E-state index >= 15 is 0 Å². The molecule has 0 unspecified atom stereocenters. The van der Waals surface area contributed by atoms with E-state index in [1.54, 1.807) is 31.4 Å². The Hall–Kier alpha value is -3.08. The van der Waals surface area contributed by atoms with E-state index in [0.29, 0.717) is 31.9 Å². The number of amides is 1. The van der Waals surface area contributed by atoms with Crippen LogP contribution < -0.4 is 10.6 Å². The van der Waals surface area contributed by atoms with Crippen molar-refractivity contribution in [2.24, 2.45) is 0 Å². The second-order valence-corrected chi connectivity index (χ2v) is 8.22. The third kappa shape index (κ3) is 3.77. The van der Waals surface area contributed by atoms with Crippen LogP contribution in [0.2, 0.25) is 5.02 Å². The summed E-state index contributed by atoms with van der Waals surface area (Å²) < 4.78 is 0.683. The average Bonchev–Trinajstić information content (AvgIpc) is 3.35. The first-order valence-electron chi connectivity index (χ1n) is 8.21. The lowest BCUT2D eigenvalue weighted by atomic mass is 10.2. The van der Waals surface area contributed by atoms with Crippen LogP contribution in [0.3, 0.4) is 0 Å². The number of aromatic carboxylic acids is 1. The lowest BCUT2D eigenvalue weighted by Crippen LogP contribution is -2.09. The van der Waals surface area contributed by atoms with E-state index in [1.165, 1.54) is 28.7 Å². The molecule has 0 bridgehead atoms. The first-order valence-corrected chi connectivity index (χ1v) is 10.2. The van der Waals surface area contributed by atoms with Crippen LogP contribution in [-0.4, -0.2) is 39.0 Å². The number of carbonyl (C=O) groups is 2. The standard InChI is InChI=1S/C18H12ClN5O3S2/c1-20-17-21-7-6-9(22-17)10-4-5-12(28-10)15(25)24-18-23-14-11(29-18)3-2-8(13(14)19)16(26)27/h2-7H,1H3,(H,26,27)(H,20,21,22)(H,23,24,25). The van der Waals surface area contributed by atoms with Crippen molar-refractivity contribution in [3.63, 3.8) is 0 Å². The molecule has 0 aliphatic carbocycles. The third-order valence-electron chi connectivity index (χ3n) is 3.91. The van der Waals surface area contributed by atoms with Gasteiger partial charge < -0.3 is 10.4 Å². The minimum Gasteiger partial charge on any atom is -0.478 e. The normalized spacial score (nSPS) is 10.8. The molecule has 0 saturated carbocycles. The van der Waals surface area contributed by atoms with Crippen LogP contribution in [0.15, 0.2) is 36.5 Å². The zero-order valence-corrected chi connectivity index (χ0v) is 17.2. The van der Waals surface area contributed by atoms with Crippen LogP contribution >= 0.6 is 34.3 Å². The summed E-state index contributed by atoms with van der Waals surface area (Å²) in [4.78, 5) is 37.8. The van der Waals surface area contributed by atoms with Gasteiger partial charge in [0.1, 0.15) is 5.52 Å². The molecule has 4 aromatic rings. The minimum absolute atomic E-state index is 0.0315. The first-order chi connectivity index (χ1) is 14.0. The van der Waals surface area contributed by atoms with Gasteiger partial charge in [0.25, 0.3) is 5.91 Å². The van der Waals surface area contributed by atoms with Crippen LogP contribution in [0.5, 0.6) is 0 Å². The van der Waals surface area contributed by atoms with Crippen molar-refractivity contribution >= 4 is 67.4 Å². The van der Waals surface area contributed by atoms with Gasteiger partial charge in [0.05, 0.1) is 30.7 Å². The summed E-state index contributed by atoms with van der Waals surface area (Å²) in [7, 11) is 1.73. The maximum atomic E-state index is 12.6. The summed E-state index contributed by atoms with van der Waals surface area (Å²) in [6.07, 6.45) is 1.64. The van der Waals surface area contributed by atoms with Gasteiger partial charge in [0, 0.05) is 13.2 Å².